The van der Waals surface area contributed by atoms with Gasteiger partial charge in [0.1, 0.15) is 0 Å². The maximum atomic E-state index is 9.91. The number of para-hydroxylation sites is 1. The molecule has 0 aromatic heterocycles. The van der Waals surface area contributed by atoms with Crippen LogP contribution in [0, 0.1) is 0 Å². The van der Waals surface area contributed by atoms with E-state index in [-0.39, 0.29) is 6.10 Å². The monoisotopic (exact) mass is 300 g/mol. The summed E-state index contributed by atoms with van der Waals surface area (Å²) in [5.74, 6) is 0. The number of likely N-dealkylation sites (N-methyl/N-ethyl adjacent to an activating group) is 1. The van der Waals surface area contributed by atoms with Crippen molar-refractivity contribution in [1.82, 2.24) is 4.90 Å². The summed E-state index contributed by atoms with van der Waals surface area (Å²) in [6, 6.07) is 7.93. The molecule has 0 aliphatic carbocycles. The quantitative estimate of drug-likeness (QED) is 0.812. The van der Waals surface area contributed by atoms with Gasteiger partial charge in [-0.2, -0.15) is 0 Å². The molecule has 96 valence electrons. The van der Waals surface area contributed by atoms with Crippen LogP contribution < -0.4 is 5.32 Å². The molecule has 1 aromatic rings. The van der Waals surface area contributed by atoms with E-state index in [1.165, 1.54) is 0 Å². The van der Waals surface area contributed by atoms with E-state index in [0.29, 0.717) is 13.1 Å². The molecule has 0 saturated carbocycles. The first-order valence-corrected chi connectivity index (χ1v) is 6.85. The summed E-state index contributed by atoms with van der Waals surface area (Å²) in [7, 11) is 0. The summed E-state index contributed by atoms with van der Waals surface area (Å²) in [5.41, 5.74) is 1.02. The van der Waals surface area contributed by atoms with Crippen LogP contribution in [-0.2, 0) is 0 Å². The Hall–Kier alpha value is -0.580. The summed E-state index contributed by atoms with van der Waals surface area (Å²) < 4.78 is 1.02. The van der Waals surface area contributed by atoms with Gasteiger partial charge in [0.15, 0.2) is 0 Å². The molecule has 1 rings (SSSR count). The molecule has 1 atom stereocenters. The minimum Gasteiger partial charge on any atom is -0.390 e. The Morgan fingerprint density at radius 3 is 2.53 bits per heavy atom. The van der Waals surface area contributed by atoms with Gasteiger partial charge in [-0.05, 0) is 41.2 Å². The van der Waals surface area contributed by atoms with E-state index in [1.807, 2.05) is 24.3 Å². The van der Waals surface area contributed by atoms with E-state index in [1.54, 1.807) is 0 Å². The van der Waals surface area contributed by atoms with Crippen molar-refractivity contribution in [3.05, 3.63) is 28.7 Å². The molecule has 0 aliphatic rings. The molecular weight excluding hydrogens is 280 g/mol. The first kappa shape index (κ1) is 14.5. The summed E-state index contributed by atoms with van der Waals surface area (Å²) in [6.07, 6.45) is -0.345. The predicted octanol–water partition coefficient (Wildman–Crippen LogP) is 2.56. The number of hydrogen-bond acceptors (Lipinski definition) is 3. The third-order valence-electron chi connectivity index (χ3n) is 2.77. The van der Waals surface area contributed by atoms with Gasteiger partial charge >= 0.3 is 0 Å². The molecular formula is C13H21BrN2O. The van der Waals surface area contributed by atoms with Crippen molar-refractivity contribution < 1.29 is 5.11 Å². The number of halogens is 1. The molecule has 0 aliphatic heterocycles. The average molecular weight is 301 g/mol. The van der Waals surface area contributed by atoms with Gasteiger partial charge in [0.2, 0.25) is 0 Å². The highest BCUT2D eigenvalue weighted by Gasteiger charge is 2.09. The summed E-state index contributed by atoms with van der Waals surface area (Å²) in [4.78, 5) is 2.21. The SMILES string of the molecule is CCN(CC)CC(O)CNc1ccccc1Br. The maximum absolute atomic E-state index is 9.91. The van der Waals surface area contributed by atoms with Crippen molar-refractivity contribution in [2.24, 2.45) is 0 Å². The Bertz CT molecular complexity index is 329. The van der Waals surface area contributed by atoms with Gasteiger partial charge in [0, 0.05) is 23.2 Å². The summed E-state index contributed by atoms with van der Waals surface area (Å²) >= 11 is 3.47. The summed E-state index contributed by atoms with van der Waals surface area (Å²) in [6.45, 7) is 7.45. The van der Waals surface area contributed by atoms with E-state index >= 15 is 0 Å². The van der Waals surface area contributed by atoms with Crippen LogP contribution in [0.4, 0.5) is 5.69 Å². The van der Waals surface area contributed by atoms with Crippen LogP contribution >= 0.6 is 15.9 Å². The van der Waals surface area contributed by atoms with Crippen LogP contribution in [-0.4, -0.2) is 42.3 Å². The molecule has 0 spiro atoms. The fourth-order valence-corrected chi connectivity index (χ4v) is 2.10. The van der Waals surface area contributed by atoms with Crippen LogP contribution in [0.2, 0.25) is 0 Å². The first-order chi connectivity index (χ1) is 8.17. The Labute approximate surface area is 112 Å². The van der Waals surface area contributed by atoms with Gasteiger partial charge in [-0.25, -0.2) is 0 Å². The van der Waals surface area contributed by atoms with E-state index in [2.05, 4.69) is 40.0 Å². The number of benzene rings is 1. The van der Waals surface area contributed by atoms with E-state index in [4.69, 9.17) is 0 Å². The lowest BCUT2D eigenvalue weighted by Gasteiger charge is -2.22. The number of nitrogens with one attached hydrogen (secondary N) is 1. The lowest BCUT2D eigenvalue weighted by molar-refractivity contribution is 0.128. The molecule has 0 fully saturated rings. The maximum Gasteiger partial charge on any atom is 0.0839 e. The molecule has 0 heterocycles. The van der Waals surface area contributed by atoms with Gasteiger partial charge in [0.05, 0.1) is 6.10 Å². The molecule has 2 N–H and O–H groups in total. The second kappa shape index (κ2) is 7.69. The molecule has 3 nitrogen and oxygen atoms in total. The smallest absolute Gasteiger partial charge is 0.0839 e. The van der Waals surface area contributed by atoms with Gasteiger partial charge in [-0.15, -0.1) is 0 Å². The van der Waals surface area contributed by atoms with Crippen molar-refractivity contribution in [1.29, 1.82) is 0 Å². The molecule has 0 radical (unpaired) electrons. The van der Waals surface area contributed by atoms with Crippen LogP contribution in [0.5, 0.6) is 0 Å². The highest BCUT2D eigenvalue weighted by molar-refractivity contribution is 9.10. The van der Waals surface area contributed by atoms with Crippen molar-refractivity contribution in [3.8, 4) is 0 Å². The molecule has 0 bridgehead atoms. The van der Waals surface area contributed by atoms with Crippen LogP contribution in [0.15, 0.2) is 28.7 Å². The minimum atomic E-state index is -0.345. The molecule has 1 aromatic carbocycles. The highest BCUT2D eigenvalue weighted by atomic mass is 79.9. The van der Waals surface area contributed by atoms with E-state index in [0.717, 1.165) is 23.2 Å². The zero-order valence-electron chi connectivity index (χ0n) is 10.5. The van der Waals surface area contributed by atoms with E-state index < -0.39 is 0 Å². The minimum absolute atomic E-state index is 0.345. The Morgan fingerprint density at radius 2 is 1.94 bits per heavy atom. The fourth-order valence-electron chi connectivity index (χ4n) is 1.68. The zero-order chi connectivity index (χ0) is 12.7. The second-order valence-corrected chi connectivity index (χ2v) is 4.85. The standard InChI is InChI=1S/C13H21BrN2O/c1-3-16(4-2)10-11(17)9-15-13-8-6-5-7-12(13)14/h5-8,11,15,17H,3-4,9-10H2,1-2H3. The highest BCUT2D eigenvalue weighted by Crippen LogP contribution is 2.20. The van der Waals surface area contributed by atoms with Crippen LogP contribution in [0.1, 0.15) is 13.8 Å². The van der Waals surface area contributed by atoms with Gasteiger partial charge in [0.25, 0.3) is 0 Å². The van der Waals surface area contributed by atoms with Gasteiger partial charge in [-0.3, -0.25) is 0 Å². The normalized spacial score (nSPS) is 12.8. The van der Waals surface area contributed by atoms with E-state index in [9.17, 15) is 5.11 Å². The first-order valence-electron chi connectivity index (χ1n) is 6.06. The largest absolute Gasteiger partial charge is 0.390 e. The second-order valence-electron chi connectivity index (χ2n) is 4.00. The number of anilines is 1. The Balaban J connectivity index is 2.38. The number of nitrogens with zero attached hydrogens (tertiary/aromatic N) is 1. The summed E-state index contributed by atoms with van der Waals surface area (Å²) in [5, 5.41) is 13.2. The number of aliphatic hydroxyl groups is 1. The predicted molar refractivity (Wildman–Crippen MR) is 76.4 cm³/mol. The Kier molecular flexibility index (Phi) is 6.55. The zero-order valence-corrected chi connectivity index (χ0v) is 12.1. The van der Waals surface area contributed by atoms with Crippen LogP contribution in [0.3, 0.4) is 0 Å². The number of hydrogen-bond donors (Lipinski definition) is 2. The van der Waals surface area contributed by atoms with Gasteiger partial charge in [-0.1, -0.05) is 26.0 Å². The number of aliphatic hydroxyl groups excluding tert-OH is 1. The van der Waals surface area contributed by atoms with Gasteiger partial charge < -0.3 is 15.3 Å². The Morgan fingerprint density at radius 1 is 1.29 bits per heavy atom. The topological polar surface area (TPSA) is 35.5 Å². The fraction of sp³-hybridized carbons (Fsp3) is 0.538. The molecule has 0 saturated heterocycles. The molecule has 0 amide bonds. The molecule has 4 heteroatoms. The average Bonchev–Trinajstić information content (AvgIpc) is 2.35. The third kappa shape index (κ3) is 5.06. The third-order valence-corrected chi connectivity index (χ3v) is 3.46. The van der Waals surface area contributed by atoms with Crippen molar-refractivity contribution in [3.63, 3.8) is 0 Å². The van der Waals surface area contributed by atoms with Crippen molar-refractivity contribution >= 4 is 21.6 Å². The lowest BCUT2D eigenvalue weighted by atomic mass is 10.3. The number of rotatable bonds is 7. The van der Waals surface area contributed by atoms with Crippen LogP contribution in [0.25, 0.3) is 0 Å². The van der Waals surface area contributed by atoms with Crippen molar-refractivity contribution in [2.45, 2.75) is 20.0 Å². The molecule has 17 heavy (non-hydrogen) atoms. The molecule has 1 unspecified atom stereocenters. The van der Waals surface area contributed by atoms with Crippen molar-refractivity contribution in [2.75, 3.05) is 31.5 Å². The lowest BCUT2D eigenvalue weighted by Crippen LogP contribution is -2.35.